The van der Waals surface area contributed by atoms with E-state index in [1.54, 1.807) is 23.6 Å². The fourth-order valence-corrected chi connectivity index (χ4v) is 2.33. The first-order valence-electron chi connectivity index (χ1n) is 5.18. The first-order valence-corrected chi connectivity index (χ1v) is 6.40. The first-order chi connectivity index (χ1) is 8.17. The highest BCUT2D eigenvalue weighted by Crippen LogP contribution is 2.37. The van der Waals surface area contributed by atoms with Gasteiger partial charge in [-0.25, -0.2) is 0 Å². The highest BCUT2D eigenvalue weighted by atomic mass is 32.2. The Morgan fingerprint density at radius 2 is 2.18 bits per heavy atom. The van der Waals surface area contributed by atoms with E-state index in [1.165, 1.54) is 0 Å². The molecule has 0 aliphatic carbocycles. The van der Waals surface area contributed by atoms with Crippen LogP contribution in [0.5, 0.6) is 5.75 Å². The molecule has 1 aromatic heterocycles. The van der Waals surface area contributed by atoms with Crippen LogP contribution in [0.2, 0.25) is 0 Å². The molecule has 2 aromatic rings. The third kappa shape index (κ3) is 2.10. The van der Waals surface area contributed by atoms with E-state index in [2.05, 4.69) is 5.10 Å². The molecule has 17 heavy (non-hydrogen) atoms. The van der Waals surface area contributed by atoms with Crippen molar-refractivity contribution in [2.24, 2.45) is 7.05 Å². The number of anilines is 1. The van der Waals surface area contributed by atoms with Gasteiger partial charge in [0.1, 0.15) is 11.6 Å². The summed E-state index contributed by atoms with van der Waals surface area (Å²) < 4.78 is 7.05. The van der Waals surface area contributed by atoms with Crippen molar-refractivity contribution < 1.29 is 4.74 Å². The van der Waals surface area contributed by atoms with Crippen molar-refractivity contribution in [3.63, 3.8) is 0 Å². The van der Waals surface area contributed by atoms with Crippen molar-refractivity contribution in [3.05, 3.63) is 24.3 Å². The van der Waals surface area contributed by atoms with Crippen LogP contribution < -0.4 is 10.5 Å². The minimum atomic E-state index is 0.637. The molecule has 1 heterocycles. The summed E-state index contributed by atoms with van der Waals surface area (Å²) in [6.07, 6.45) is 2.03. The van der Waals surface area contributed by atoms with Gasteiger partial charge in [0.05, 0.1) is 18.4 Å². The van der Waals surface area contributed by atoms with E-state index >= 15 is 0 Å². The Kier molecular flexibility index (Phi) is 3.28. The van der Waals surface area contributed by atoms with Gasteiger partial charge in [-0.3, -0.25) is 4.68 Å². The molecule has 0 fully saturated rings. The second kappa shape index (κ2) is 4.71. The van der Waals surface area contributed by atoms with Crippen LogP contribution in [0.3, 0.4) is 0 Å². The standard InChI is InChI=1S/C12H15N3OS/c1-15-11(13)7-8(14-15)12-9(16-2)5-4-6-10(12)17-3/h4-7H,13H2,1-3H3. The fourth-order valence-electron chi connectivity index (χ4n) is 1.71. The predicted octanol–water partition coefficient (Wildman–Crippen LogP) is 2.40. The minimum absolute atomic E-state index is 0.637. The van der Waals surface area contributed by atoms with Crippen molar-refractivity contribution in [3.8, 4) is 17.0 Å². The number of hydrogen-bond acceptors (Lipinski definition) is 4. The van der Waals surface area contributed by atoms with Gasteiger partial charge in [0.2, 0.25) is 0 Å². The molecule has 0 radical (unpaired) electrons. The van der Waals surface area contributed by atoms with Crippen molar-refractivity contribution >= 4 is 17.6 Å². The predicted molar refractivity (Wildman–Crippen MR) is 71.4 cm³/mol. The quantitative estimate of drug-likeness (QED) is 0.849. The molecule has 0 amide bonds. The number of nitrogens with zero attached hydrogens (tertiary/aromatic N) is 2. The molecule has 2 rings (SSSR count). The van der Waals surface area contributed by atoms with Crippen LogP contribution in [0, 0.1) is 0 Å². The topological polar surface area (TPSA) is 53.1 Å². The van der Waals surface area contributed by atoms with Crippen LogP contribution in [0.1, 0.15) is 0 Å². The summed E-state index contributed by atoms with van der Waals surface area (Å²) in [5.74, 6) is 1.45. The van der Waals surface area contributed by atoms with Gasteiger partial charge in [0, 0.05) is 18.0 Å². The molecule has 0 atom stereocenters. The molecular weight excluding hydrogens is 234 g/mol. The summed E-state index contributed by atoms with van der Waals surface area (Å²) in [5, 5.41) is 4.40. The number of rotatable bonds is 3. The van der Waals surface area contributed by atoms with Gasteiger partial charge in [-0.05, 0) is 18.4 Å². The number of benzene rings is 1. The van der Waals surface area contributed by atoms with Crippen LogP contribution in [0.25, 0.3) is 11.3 Å². The summed E-state index contributed by atoms with van der Waals surface area (Å²) in [5.41, 5.74) is 7.65. The fraction of sp³-hybridized carbons (Fsp3) is 0.250. The number of ether oxygens (including phenoxy) is 1. The van der Waals surface area contributed by atoms with Gasteiger partial charge in [0.25, 0.3) is 0 Å². The molecule has 90 valence electrons. The molecule has 0 aliphatic rings. The Morgan fingerprint density at radius 3 is 2.71 bits per heavy atom. The Labute approximate surface area is 105 Å². The maximum atomic E-state index is 5.81. The molecule has 2 N–H and O–H groups in total. The van der Waals surface area contributed by atoms with E-state index in [4.69, 9.17) is 10.5 Å². The third-order valence-electron chi connectivity index (χ3n) is 2.60. The van der Waals surface area contributed by atoms with Gasteiger partial charge >= 0.3 is 0 Å². The Balaban J connectivity index is 2.63. The highest BCUT2D eigenvalue weighted by molar-refractivity contribution is 7.98. The zero-order valence-electron chi connectivity index (χ0n) is 10.1. The summed E-state index contributed by atoms with van der Waals surface area (Å²) in [6, 6.07) is 7.81. The number of nitrogens with two attached hydrogens (primary N) is 1. The molecule has 0 unspecified atom stereocenters. The number of hydrogen-bond donors (Lipinski definition) is 1. The monoisotopic (exact) mass is 249 g/mol. The lowest BCUT2D eigenvalue weighted by molar-refractivity contribution is 0.415. The van der Waals surface area contributed by atoms with E-state index in [0.29, 0.717) is 5.82 Å². The summed E-state index contributed by atoms with van der Waals surface area (Å²) >= 11 is 1.66. The van der Waals surface area contributed by atoms with E-state index in [-0.39, 0.29) is 0 Å². The zero-order chi connectivity index (χ0) is 12.4. The van der Waals surface area contributed by atoms with Crippen molar-refractivity contribution in [2.45, 2.75) is 4.90 Å². The average Bonchev–Trinajstić information content (AvgIpc) is 2.68. The van der Waals surface area contributed by atoms with Crippen LogP contribution >= 0.6 is 11.8 Å². The van der Waals surface area contributed by atoms with Gasteiger partial charge in [0.15, 0.2) is 0 Å². The van der Waals surface area contributed by atoms with Crippen molar-refractivity contribution in [1.29, 1.82) is 0 Å². The molecule has 0 spiro atoms. The maximum Gasteiger partial charge on any atom is 0.129 e. The lowest BCUT2D eigenvalue weighted by atomic mass is 10.1. The number of methoxy groups -OCH3 is 1. The van der Waals surface area contributed by atoms with Crippen LogP contribution in [-0.4, -0.2) is 23.1 Å². The molecule has 1 aromatic carbocycles. The summed E-state index contributed by atoms with van der Waals surface area (Å²) in [7, 11) is 3.49. The first kappa shape index (κ1) is 11.9. The highest BCUT2D eigenvalue weighted by Gasteiger charge is 2.14. The Morgan fingerprint density at radius 1 is 1.41 bits per heavy atom. The van der Waals surface area contributed by atoms with E-state index < -0.39 is 0 Å². The zero-order valence-corrected chi connectivity index (χ0v) is 10.9. The van der Waals surface area contributed by atoms with E-state index in [9.17, 15) is 0 Å². The largest absolute Gasteiger partial charge is 0.496 e. The smallest absolute Gasteiger partial charge is 0.129 e. The molecule has 5 heteroatoms. The van der Waals surface area contributed by atoms with Gasteiger partial charge in [-0.1, -0.05) is 6.07 Å². The summed E-state index contributed by atoms with van der Waals surface area (Å²) in [4.78, 5) is 1.13. The normalized spacial score (nSPS) is 10.5. The molecule has 0 aliphatic heterocycles. The Hall–Kier alpha value is -1.62. The number of thioether (sulfide) groups is 1. The Bertz CT molecular complexity index is 495. The second-order valence-electron chi connectivity index (χ2n) is 3.62. The molecule has 0 bridgehead atoms. The SMILES string of the molecule is COc1cccc(SC)c1-c1cc(N)n(C)n1. The average molecular weight is 249 g/mol. The third-order valence-corrected chi connectivity index (χ3v) is 3.38. The lowest BCUT2D eigenvalue weighted by Crippen LogP contribution is -1.97. The number of aryl methyl sites for hydroxylation is 1. The number of aromatic nitrogens is 2. The molecule has 0 saturated carbocycles. The van der Waals surface area contributed by atoms with Crippen LogP contribution in [-0.2, 0) is 7.05 Å². The van der Waals surface area contributed by atoms with Gasteiger partial charge in [-0.2, -0.15) is 5.10 Å². The van der Waals surface area contributed by atoms with Crippen molar-refractivity contribution in [2.75, 3.05) is 19.1 Å². The molecule has 0 saturated heterocycles. The minimum Gasteiger partial charge on any atom is -0.496 e. The van der Waals surface area contributed by atoms with Crippen LogP contribution in [0.4, 0.5) is 5.82 Å². The maximum absolute atomic E-state index is 5.81. The van der Waals surface area contributed by atoms with Crippen molar-refractivity contribution in [1.82, 2.24) is 9.78 Å². The van der Waals surface area contributed by atoms with Crippen LogP contribution in [0.15, 0.2) is 29.2 Å². The molecule has 4 nitrogen and oxygen atoms in total. The molecular formula is C12H15N3OS. The van der Waals surface area contributed by atoms with E-state index in [0.717, 1.165) is 21.9 Å². The summed E-state index contributed by atoms with van der Waals surface area (Å²) in [6.45, 7) is 0. The lowest BCUT2D eigenvalue weighted by Gasteiger charge is -2.10. The van der Waals surface area contributed by atoms with Gasteiger partial charge < -0.3 is 10.5 Å². The number of nitrogen functional groups attached to an aromatic ring is 1. The van der Waals surface area contributed by atoms with E-state index in [1.807, 2.05) is 37.6 Å². The van der Waals surface area contributed by atoms with Gasteiger partial charge in [-0.15, -0.1) is 11.8 Å². The second-order valence-corrected chi connectivity index (χ2v) is 4.46.